The van der Waals surface area contributed by atoms with Gasteiger partial charge < -0.3 is 21.4 Å². The van der Waals surface area contributed by atoms with Crippen LogP contribution in [0.1, 0.15) is 5.56 Å². The van der Waals surface area contributed by atoms with Crippen molar-refractivity contribution < 1.29 is 9.59 Å². The van der Waals surface area contributed by atoms with E-state index in [0.717, 1.165) is 16.5 Å². The highest BCUT2D eigenvalue weighted by molar-refractivity contribution is 5.88. The van der Waals surface area contributed by atoms with Gasteiger partial charge in [-0.15, -0.1) is 0 Å². The third-order valence-electron chi connectivity index (χ3n) is 3.20. The fourth-order valence-electron chi connectivity index (χ4n) is 2.22. The molecular formula is C14H18N4O2. The minimum absolute atomic E-state index is 0.125. The monoisotopic (exact) mass is 274 g/mol. The van der Waals surface area contributed by atoms with Crippen molar-refractivity contribution in [3.63, 3.8) is 0 Å². The van der Waals surface area contributed by atoms with Crippen LogP contribution in [0.2, 0.25) is 0 Å². The number of aromatic nitrogens is 1. The van der Waals surface area contributed by atoms with E-state index >= 15 is 0 Å². The number of aromatic amines is 1. The van der Waals surface area contributed by atoms with Gasteiger partial charge >= 0.3 is 0 Å². The highest BCUT2D eigenvalue weighted by Gasteiger charge is 2.20. The number of H-pyrrole nitrogens is 1. The van der Waals surface area contributed by atoms with Crippen LogP contribution in [0.4, 0.5) is 0 Å². The zero-order chi connectivity index (χ0) is 14.7. The van der Waals surface area contributed by atoms with Gasteiger partial charge in [0.2, 0.25) is 11.8 Å². The molecule has 2 aromatic rings. The smallest absolute Gasteiger partial charge is 0.240 e. The van der Waals surface area contributed by atoms with Crippen LogP contribution >= 0.6 is 0 Å². The lowest BCUT2D eigenvalue weighted by Crippen LogP contribution is -2.45. The summed E-state index contributed by atoms with van der Waals surface area (Å²) >= 11 is 0. The lowest BCUT2D eigenvalue weighted by Gasteiger charge is -2.19. The largest absolute Gasteiger partial charge is 0.368 e. The molecule has 0 aliphatic carbocycles. The Morgan fingerprint density at radius 3 is 2.75 bits per heavy atom. The van der Waals surface area contributed by atoms with Crippen molar-refractivity contribution in [1.29, 1.82) is 0 Å². The van der Waals surface area contributed by atoms with E-state index in [4.69, 9.17) is 11.5 Å². The number of hydrogen-bond donors (Lipinski definition) is 3. The molecule has 0 unspecified atom stereocenters. The van der Waals surface area contributed by atoms with Crippen molar-refractivity contribution in [3.05, 3.63) is 36.0 Å². The molecule has 6 nitrogen and oxygen atoms in total. The van der Waals surface area contributed by atoms with Gasteiger partial charge in [-0.3, -0.25) is 9.59 Å². The van der Waals surface area contributed by atoms with Crippen LogP contribution in [-0.2, 0) is 16.0 Å². The predicted molar refractivity (Wildman–Crippen MR) is 76.8 cm³/mol. The van der Waals surface area contributed by atoms with Crippen LogP contribution in [-0.4, -0.2) is 41.3 Å². The molecule has 0 spiro atoms. The molecule has 5 N–H and O–H groups in total. The molecule has 0 aliphatic rings. The summed E-state index contributed by atoms with van der Waals surface area (Å²) in [6.45, 7) is -0.125. The first-order valence-electron chi connectivity index (χ1n) is 6.33. The number of amides is 2. The van der Waals surface area contributed by atoms with Crippen molar-refractivity contribution in [2.75, 3.05) is 13.6 Å². The molecule has 1 aromatic heterocycles. The predicted octanol–water partition coefficient (Wildman–Crippen LogP) is -0.0186. The minimum Gasteiger partial charge on any atom is -0.368 e. The van der Waals surface area contributed by atoms with E-state index in [0.29, 0.717) is 6.42 Å². The molecule has 0 saturated carbocycles. The van der Waals surface area contributed by atoms with E-state index in [1.54, 1.807) is 0 Å². The summed E-state index contributed by atoms with van der Waals surface area (Å²) in [5.41, 5.74) is 13.0. The van der Waals surface area contributed by atoms with Crippen LogP contribution < -0.4 is 11.5 Å². The zero-order valence-corrected chi connectivity index (χ0v) is 11.3. The first kappa shape index (κ1) is 14.1. The molecule has 6 heteroatoms. The average molecular weight is 274 g/mol. The molecule has 0 aliphatic heterocycles. The van der Waals surface area contributed by atoms with Gasteiger partial charge in [0, 0.05) is 24.1 Å². The minimum atomic E-state index is -0.696. The van der Waals surface area contributed by atoms with Gasteiger partial charge in [0.25, 0.3) is 0 Å². The second kappa shape index (κ2) is 5.75. The number of carbonyl (C=O) groups excluding carboxylic acids is 2. The van der Waals surface area contributed by atoms with E-state index in [1.165, 1.54) is 11.9 Å². The highest BCUT2D eigenvalue weighted by atomic mass is 16.2. The summed E-state index contributed by atoms with van der Waals surface area (Å²) in [4.78, 5) is 27.2. The second-order valence-corrected chi connectivity index (χ2v) is 4.83. The Kier molecular flexibility index (Phi) is 4.05. The number of primary amides is 1. The van der Waals surface area contributed by atoms with Gasteiger partial charge in [0.1, 0.15) is 0 Å². The number of rotatable bonds is 5. The van der Waals surface area contributed by atoms with Crippen LogP contribution in [0, 0.1) is 0 Å². The zero-order valence-electron chi connectivity index (χ0n) is 11.3. The average Bonchev–Trinajstić information content (AvgIpc) is 2.80. The molecule has 1 aromatic carbocycles. The van der Waals surface area contributed by atoms with Crippen molar-refractivity contribution in [1.82, 2.24) is 9.88 Å². The topological polar surface area (TPSA) is 105 Å². The van der Waals surface area contributed by atoms with Crippen LogP contribution in [0.15, 0.2) is 30.5 Å². The normalized spacial score (nSPS) is 12.3. The maximum Gasteiger partial charge on any atom is 0.240 e. The number of nitrogens with one attached hydrogen (secondary N) is 1. The first-order chi connectivity index (χ1) is 9.49. The number of hydrogen-bond acceptors (Lipinski definition) is 3. The van der Waals surface area contributed by atoms with Gasteiger partial charge in [-0.25, -0.2) is 0 Å². The Bertz CT molecular complexity index is 635. The number of nitrogens with two attached hydrogens (primary N) is 2. The molecule has 2 amide bonds. The molecule has 0 radical (unpaired) electrons. The van der Waals surface area contributed by atoms with Gasteiger partial charge in [-0.05, 0) is 18.1 Å². The lowest BCUT2D eigenvalue weighted by molar-refractivity contribution is -0.134. The summed E-state index contributed by atoms with van der Waals surface area (Å²) in [6.07, 6.45) is 2.26. The van der Waals surface area contributed by atoms with Crippen molar-refractivity contribution in [2.45, 2.75) is 12.5 Å². The summed E-state index contributed by atoms with van der Waals surface area (Å²) in [5, 5.41) is 1.05. The molecule has 0 saturated heterocycles. The number of likely N-dealkylation sites (N-methyl/N-ethyl adjacent to an activating group) is 1. The highest BCUT2D eigenvalue weighted by Crippen LogP contribution is 2.18. The Hall–Kier alpha value is -2.34. The molecular weight excluding hydrogens is 256 g/mol. The summed E-state index contributed by atoms with van der Waals surface area (Å²) in [6, 6.07) is 7.12. The van der Waals surface area contributed by atoms with Crippen LogP contribution in [0.25, 0.3) is 10.9 Å². The number of benzene rings is 1. The molecule has 20 heavy (non-hydrogen) atoms. The molecule has 2 rings (SSSR count). The maximum absolute atomic E-state index is 12.0. The SMILES string of the molecule is CN(CC(N)=O)C(=O)[C@H](N)Cc1c[nH]c2ccccc12. The van der Waals surface area contributed by atoms with Crippen LogP contribution in [0.3, 0.4) is 0 Å². The summed E-state index contributed by atoms with van der Waals surface area (Å²) in [7, 11) is 1.52. The third kappa shape index (κ3) is 2.97. The van der Waals surface area contributed by atoms with Gasteiger partial charge in [-0.2, -0.15) is 0 Å². The standard InChI is InChI=1S/C14H18N4O2/c1-18(8-13(16)19)14(20)11(15)6-9-7-17-12-5-3-2-4-10(9)12/h2-5,7,11,17H,6,8,15H2,1H3,(H2,16,19)/t11-/m1/s1. The van der Waals surface area contributed by atoms with Gasteiger partial charge in [0.15, 0.2) is 0 Å². The Labute approximate surface area is 116 Å². The van der Waals surface area contributed by atoms with Crippen molar-refractivity contribution in [2.24, 2.45) is 11.5 Å². The Balaban J connectivity index is 2.09. The van der Waals surface area contributed by atoms with E-state index in [9.17, 15) is 9.59 Å². The fourth-order valence-corrected chi connectivity index (χ4v) is 2.22. The first-order valence-corrected chi connectivity index (χ1v) is 6.33. The van der Waals surface area contributed by atoms with Crippen molar-refractivity contribution in [3.8, 4) is 0 Å². The van der Waals surface area contributed by atoms with Crippen molar-refractivity contribution >= 4 is 22.7 Å². The molecule has 0 fully saturated rings. The summed E-state index contributed by atoms with van der Waals surface area (Å²) < 4.78 is 0. The quantitative estimate of drug-likeness (QED) is 0.713. The second-order valence-electron chi connectivity index (χ2n) is 4.83. The lowest BCUT2D eigenvalue weighted by atomic mass is 10.0. The molecule has 1 heterocycles. The van der Waals surface area contributed by atoms with E-state index in [1.807, 2.05) is 30.5 Å². The van der Waals surface area contributed by atoms with Gasteiger partial charge in [0.05, 0.1) is 12.6 Å². The number of nitrogens with zero attached hydrogens (tertiary/aromatic N) is 1. The summed E-state index contributed by atoms with van der Waals surface area (Å²) in [5.74, 6) is -0.853. The van der Waals surface area contributed by atoms with Gasteiger partial charge in [-0.1, -0.05) is 18.2 Å². The Morgan fingerprint density at radius 1 is 1.35 bits per heavy atom. The third-order valence-corrected chi connectivity index (χ3v) is 3.20. The number of fused-ring (bicyclic) bond motifs is 1. The molecule has 0 bridgehead atoms. The Morgan fingerprint density at radius 2 is 2.05 bits per heavy atom. The fraction of sp³-hybridized carbons (Fsp3) is 0.286. The van der Waals surface area contributed by atoms with Crippen LogP contribution in [0.5, 0.6) is 0 Å². The van der Waals surface area contributed by atoms with E-state index < -0.39 is 11.9 Å². The molecule has 106 valence electrons. The van der Waals surface area contributed by atoms with E-state index in [2.05, 4.69) is 4.98 Å². The molecule has 1 atom stereocenters. The maximum atomic E-state index is 12.0. The number of carbonyl (C=O) groups is 2. The number of para-hydroxylation sites is 1. The van der Waals surface area contributed by atoms with E-state index in [-0.39, 0.29) is 12.5 Å².